The van der Waals surface area contributed by atoms with Gasteiger partial charge in [0, 0.05) is 11.6 Å². The van der Waals surface area contributed by atoms with E-state index in [1.54, 1.807) is 0 Å². The van der Waals surface area contributed by atoms with Crippen LogP contribution in [0.2, 0.25) is 0 Å². The molecule has 3 aromatic rings. The van der Waals surface area contributed by atoms with Crippen LogP contribution in [0.5, 0.6) is 0 Å². The van der Waals surface area contributed by atoms with Gasteiger partial charge < -0.3 is 20.3 Å². The maximum atomic E-state index is 13.4. The molecule has 1 aliphatic rings. The molecule has 5 N–H and O–H groups in total. The van der Waals surface area contributed by atoms with Gasteiger partial charge in [-0.25, -0.2) is 28.9 Å². The molecule has 0 aliphatic carbocycles. The highest BCUT2D eigenvalue weighted by Gasteiger charge is 2.45. The molecule has 34 heavy (non-hydrogen) atoms. The van der Waals surface area contributed by atoms with E-state index in [0.29, 0.717) is 6.07 Å². The third-order valence-corrected chi connectivity index (χ3v) is 5.45. The first kappa shape index (κ1) is 24.0. The van der Waals surface area contributed by atoms with Gasteiger partial charge in [0.2, 0.25) is 0 Å². The minimum atomic E-state index is -4.29. The number of nitrogens with one attached hydrogen (secondary N) is 1. The molecule has 16 heteroatoms. The lowest BCUT2D eigenvalue weighted by atomic mass is 10.1. The highest BCUT2D eigenvalue weighted by atomic mass is 32.2. The third kappa shape index (κ3) is 5.01. The average molecular weight is 500 g/mol. The number of nitrogens with two attached hydrogens (primary N) is 1. The third-order valence-electron chi connectivity index (χ3n) is 4.98. The highest BCUT2D eigenvalue weighted by Crippen LogP contribution is 2.32. The normalized spacial score (nSPS) is 22.9. The van der Waals surface area contributed by atoms with Gasteiger partial charge in [0.05, 0.1) is 25.2 Å². The van der Waals surface area contributed by atoms with Gasteiger partial charge >= 0.3 is 10.3 Å². The summed E-state index contributed by atoms with van der Waals surface area (Å²) in [7, 11) is -4.29. The highest BCUT2D eigenvalue weighted by molar-refractivity contribution is 7.84. The Bertz CT molecular complexity index is 1320. The number of rotatable bonds is 7. The molecular formula is C18H18F2N6O7S. The number of carbonyl (C=O) groups is 1. The number of imidazole rings is 1. The van der Waals surface area contributed by atoms with E-state index in [9.17, 15) is 32.2 Å². The monoisotopic (exact) mass is 500 g/mol. The number of ether oxygens (including phenoxy) is 1. The summed E-state index contributed by atoms with van der Waals surface area (Å²) in [5.41, 5.74) is 0.400. The van der Waals surface area contributed by atoms with Crippen molar-refractivity contribution in [1.82, 2.24) is 24.8 Å². The first-order valence-corrected chi connectivity index (χ1v) is 11.1. The second-order valence-corrected chi connectivity index (χ2v) is 8.53. The van der Waals surface area contributed by atoms with Crippen molar-refractivity contribution in [3.63, 3.8) is 0 Å². The Morgan fingerprint density at radius 1 is 1.18 bits per heavy atom. The zero-order valence-electron chi connectivity index (χ0n) is 17.1. The Kier molecular flexibility index (Phi) is 6.52. The van der Waals surface area contributed by atoms with E-state index in [-0.39, 0.29) is 29.0 Å². The number of aromatic nitrogens is 4. The van der Waals surface area contributed by atoms with Crippen LogP contribution in [0, 0.1) is 11.6 Å². The van der Waals surface area contributed by atoms with E-state index in [1.165, 1.54) is 10.9 Å². The Balaban J connectivity index is 1.52. The van der Waals surface area contributed by atoms with Gasteiger partial charge in [-0.15, -0.1) is 0 Å². The van der Waals surface area contributed by atoms with Crippen LogP contribution in [0.25, 0.3) is 11.2 Å². The number of aliphatic hydroxyl groups excluding tert-OH is 2. The Labute approximate surface area is 190 Å². The molecule has 13 nitrogen and oxygen atoms in total. The second-order valence-electron chi connectivity index (χ2n) is 7.31. The number of nitrogens with zero attached hydrogens (tertiary/aromatic N) is 4. The molecule has 1 aliphatic heterocycles. The molecule has 1 aromatic carbocycles. The lowest BCUT2D eigenvalue weighted by Gasteiger charge is -2.16. The Morgan fingerprint density at radius 2 is 1.88 bits per heavy atom. The summed E-state index contributed by atoms with van der Waals surface area (Å²) >= 11 is 0. The number of aliphatic hydroxyl groups is 2. The van der Waals surface area contributed by atoms with E-state index < -0.39 is 59.0 Å². The maximum absolute atomic E-state index is 13.4. The lowest BCUT2D eigenvalue weighted by molar-refractivity contribution is -0.0467. The molecule has 4 rings (SSSR count). The van der Waals surface area contributed by atoms with Crippen LogP contribution >= 0.6 is 0 Å². The topological polar surface area (TPSA) is 192 Å². The molecule has 4 atom stereocenters. The van der Waals surface area contributed by atoms with Gasteiger partial charge in [0.15, 0.2) is 11.9 Å². The summed E-state index contributed by atoms with van der Waals surface area (Å²) in [6, 6.07) is 2.39. The molecular weight excluding hydrogens is 482 g/mol. The fourth-order valence-electron chi connectivity index (χ4n) is 3.43. The number of amides is 1. The summed E-state index contributed by atoms with van der Waals surface area (Å²) in [5, 5.41) is 27.8. The second kappa shape index (κ2) is 9.24. The standard InChI is InChI=1S/C18H18F2N6O7S/c19-9-1-8(2-10(20)3-9)17(29)22-4-11-13-16(24-6-23-11)26(7-25-13)18-15(28)14(27)12(33-18)5-32-34(21,30)31/h1-3,6-7,12,14-15,18,27-28H,4-5H2,(H,22,29)(H2,21,30,31)/t12-,14-,15-,18-/m1/s1. The quantitative estimate of drug-likeness (QED) is 0.309. The number of halogens is 2. The smallest absolute Gasteiger partial charge is 0.333 e. The number of fused-ring (bicyclic) bond motifs is 1. The first-order valence-electron chi connectivity index (χ1n) is 9.63. The van der Waals surface area contributed by atoms with Gasteiger partial charge in [-0.05, 0) is 12.1 Å². The van der Waals surface area contributed by atoms with Crippen molar-refractivity contribution >= 4 is 27.4 Å². The minimum absolute atomic E-state index is 0.167. The zero-order valence-corrected chi connectivity index (χ0v) is 17.9. The van der Waals surface area contributed by atoms with Crippen molar-refractivity contribution in [1.29, 1.82) is 0 Å². The van der Waals surface area contributed by atoms with Gasteiger partial charge in [0.1, 0.15) is 41.8 Å². The number of benzene rings is 1. The number of hydrogen-bond acceptors (Lipinski definition) is 10. The summed E-state index contributed by atoms with van der Waals surface area (Å²) < 4.78 is 59.9. The number of carbonyl (C=O) groups excluding carboxylic acids is 1. The van der Waals surface area contributed by atoms with E-state index in [1.807, 2.05) is 0 Å². The van der Waals surface area contributed by atoms with Gasteiger partial charge in [-0.1, -0.05) is 0 Å². The summed E-state index contributed by atoms with van der Waals surface area (Å²) in [6.45, 7) is -0.804. The van der Waals surface area contributed by atoms with Crippen molar-refractivity contribution in [3.05, 3.63) is 53.7 Å². The molecule has 1 fully saturated rings. The molecule has 3 heterocycles. The largest absolute Gasteiger partial charge is 0.387 e. The van der Waals surface area contributed by atoms with E-state index in [4.69, 9.17) is 9.88 Å². The van der Waals surface area contributed by atoms with Crippen LogP contribution in [0.15, 0.2) is 30.9 Å². The van der Waals surface area contributed by atoms with E-state index in [2.05, 4.69) is 24.5 Å². The van der Waals surface area contributed by atoms with Crippen LogP contribution in [0.4, 0.5) is 8.78 Å². The van der Waals surface area contributed by atoms with E-state index in [0.717, 1.165) is 18.5 Å². The predicted molar refractivity (Wildman–Crippen MR) is 108 cm³/mol. The first-order chi connectivity index (χ1) is 16.0. The van der Waals surface area contributed by atoms with Crippen molar-refractivity contribution in [3.8, 4) is 0 Å². The lowest BCUT2D eigenvalue weighted by Crippen LogP contribution is -2.35. The van der Waals surface area contributed by atoms with Crippen LogP contribution in [0.3, 0.4) is 0 Å². The van der Waals surface area contributed by atoms with Crippen molar-refractivity contribution in [2.75, 3.05) is 6.61 Å². The van der Waals surface area contributed by atoms with Crippen molar-refractivity contribution < 1.29 is 41.1 Å². The molecule has 0 bridgehead atoms. The van der Waals surface area contributed by atoms with Crippen LogP contribution in [-0.4, -0.2) is 69.0 Å². The summed E-state index contributed by atoms with van der Waals surface area (Å²) in [4.78, 5) is 24.6. The summed E-state index contributed by atoms with van der Waals surface area (Å²) in [6.07, 6.45) is -3.02. The van der Waals surface area contributed by atoms with Crippen molar-refractivity contribution in [2.24, 2.45) is 5.14 Å². The molecule has 1 amide bonds. The SMILES string of the molecule is NS(=O)(=O)OC[C@H]1O[C@@H](n2cnc3c(CNC(=O)c4cc(F)cc(F)c4)ncnc32)[C@H](O)[C@@H]1O. The molecule has 0 saturated carbocycles. The van der Waals surface area contributed by atoms with Crippen molar-refractivity contribution in [2.45, 2.75) is 31.1 Å². The fraction of sp³-hybridized carbons (Fsp3) is 0.333. The predicted octanol–water partition coefficient (Wildman–Crippen LogP) is -1.13. The molecule has 182 valence electrons. The van der Waals surface area contributed by atoms with Gasteiger partial charge in [-0.3, -0.25) is 13.5 Å². The van der Waals surface area contributed by atoms with Gasteiger partial charge in [-0.2, -0.15) is 8.42 Å². The van der Waals surface area contributed by atoms with Gasteiger partial charge in [0.25, 0.3) is 5.91 Å². The van der Waals surface area contributed by atoms with Crippen LogP contribution < -0.4 is 10.5 Å². The number of hydrogen-bond donors (Lipinski definition) is 4. The molecule has 0 spiro atoms. The van der Waals surface area contributed by atoms with Crippen LogP contribution in [-0.2, 0) is 25.8 Å². The maximum Gasteiger partial charge on any atom is 0.333 e. The van der Waals surface area contributed by atoms with Crippen LogP contribution in [0.1, 0.15) is 22.3 Å². The Hall–Kier alpha value is -3.15. The fourth-order valence-corrected chi connectivity index (χ4v) is 3.75. The minimum Gasteiger partial charge on any atom is -0.387 e. The summed E-state index contributed by atoms with van der Waals surface area (Å²) in [5.74, 6) is -2.56. The molecule has 0 radical (unpaired) electrons. The molecule has 2 aromatic heterocycles. The molecule has 1 saturated heterocycles. The Morgan fingerprint density at radius 3 is 2.56 bits per heavy atom. The molecule has 0 unspecified atom stereocenters. The zero-order chi connectivity index (χ0) is 24.6. The van der Waals surface area contributed by atoms with E-state index >= 15 is 0 Å². The average Bonchev–Trinajstić information content (AvgIpc) is 3.31.